The quantitative estimate of drug-likeness (QED) is 0.637. The predicted molar refractivity (Wildman–Crippen MR) is 111 cm³/mol. The molecule has 0 saturated carbocycles. The summed E-state index contributed by atoms with van der Waals surface area (Å²) in [4.78, 5) is 36.2. The highest BCUT2D eigenvalue weighted by atomic mass is 16.5. The number of carbonyl (C=O) groups is 2. The Morgan fingerprint density at radius 1 is 1.07 bits per heavy atom. The number of Topliss-reactive ketones (excluding diaryl/α,β-unsaturated/α-hetero) is 1. The summed E-state index contributed by atoms with van der Waals surface area (Å²) in [5.41, 5.74) is 1.12. The van der Waals surface area contributed by atoms with Crippen molar-refractivity contribution >= 4 is 17.6 Å². The minimum atomic E-state index is 0.158. The van der Waals surface area contributed by atoms with Gasteiger partial charge in [0.25, 0.3) is 0 Å². The van der Waals surface area contributed by atoms with Crippen molar-refractivity contribution in [2.45, 2.75) is 39.5 Å². The van der Waals surface area contributed by atoms with Crippen molar-refractivity contribution in [1.82, 2.24) is 14.9 Å². The fourth-order valence-electron chi connectivity index (χ4n) is 3.31. The second-order valence-corrected chi connectivity index (χ2v) is 7.39. The smallest absolute Gasteiger partial charge is 0.228 e. The second kappa shape index (κ2) is 10.0. The number of hydrogen-bond acceptors (Lipinski definition) is 6. The Morgan fingerprint density at radius 2 is 1.83 bits per heavy atom. The fraction of sp³-hybridized carbons (Fsp3) is 0.455. The molecule has 1 aliphatic rings. The Morgan fingerprint density at radius 3 is 2.55 bits per heavy atom. The van der Waals surface area contributed by atoms with Crippen LogP contribution in [0, 0.1) is 6.92 Å². The number of rotatable bonds is 8. The summed E-state index contributed by atoms with van der Waals surface area (Å²) >= 11 is 0. The van der Waals surface area contributed by atoms with E-state index in [9.17, 15) is 9.59 Å². The molecular formula is C22H28N4O3. The molecule has 29 heavy (non-hydrogen) atoms. The van der Waals surface area contributed by atoms with Crippen LogP contribution in [0.25, 0.3) is 0 Å². The summed E-state index contributed by atoms with van der Waals surface area (Å²) in [5, 5.41) is 0. The average Bonchev–Trinajstić information content (AvgIpc) is 2.71. The summed E-state index contributed by atoms with van der Waals surface area (Å²) < 4.78 is 5.86. The van der Waals surface area contributed by atoms with Gasteiger partial charge >= 0.3 is 0 Å². The van der Waals surface area contributed by atoms with E-state index in [4.69, 9.17) is 4.74 Å². The molecule has 0 spiro atoms. The maximum Gasteiger partial charge on any atom is 0.228 e. The van der Waals surface area contributed by atoms with Gasteiger partial charge in [0.15, 0.2) is 0 Å². The van der Waals surface area contributed by atoms with Gasteiger partial charge in [0.05, 0.1) is 0 Å². The van der Waals surface area contributed by atoms with Crippen LogP contribution in [0.4, 0.5) is 5.95 Å². The van der Waals surface area contributed by atoms with E-state index in [0.29, 0.717) is 50.8 Å². The Hall–Kier alpha value is -2.96. The van der Waals surface area contributed by atoms with Gasteiger partial charge in [0.2, 0.25) is 17.7 Å². The van der Waals surface area contributed by atoms with Gasteiger partial charge in [-0.1, -0.05) is 12.1 Å². The van der Waals surface area contributed by atoms with Crippen LogP contribution in [0.15, 0.2) is 36.5 Å². The first kappa shape index (κ1) is 20.8. The molecule has 154 valence electrons. The Kier molecular flexibility index (Phi) is 7.16. The number of nitrogens with zero attached hydrogens (tertiary/aromatic N) is 4. The molecule has 0 aliphatic carbocycles. The molecule has 1 amide bonds. The van der Waals surface area contributed by atoms with Gasteiger partial charge in [-0.3, -0.25) is 4.79 Å². The number of amides is 1. The van der Waals surface area contributed by atoms with Gasteiger partial charge in [-0.25, -0.2) is 4.98 Å². The van der Waals surface area contributed by atoms with Gasteiger partial charge < -0.3 is 19.3 Å². The van der Waals surface area contributed by atoms with Crippen molar-refractivity contribution in [3.05, 3.63) is 42.1 Å². The molecule has 2 heterocycles. The molecule has 1 fully saturated rings. The maximum absolute atomic E-state index is 12.3. The van der Waals surface area contributed by atoms with E-state index >= 15 is 0 Å². The van der Waals surface area contributed by atoms with E-state index < -0.39 is 0 Å². The first-order chi connectivity index (χ1) is 14.0. The van der Waals surface area contributed by atoms with Gasteiger partial charge in [0, 0.05) is 51.3 Å². The van der Waals surface area contributed by atoms with Crippen LogP contribution in [0.2, 0.25) is 0 Å². The summed E-state index contributed by atoms with van der Waals surface area (Å²) in [6.45, 7) is 6.28. The Balaban J connectivity index is 1.50. The number of piperazine rings is 1. The van der Waals surface area contributed by atoms with E-state index in [1.54, 1.807) is 19.2 Å². The Labute approximate surface area is 171 Å². The van der Waals surface area contributed by atoms with Crippen LogP contribution in [-0.2, 0) is 9.59 Å². The van der Waals surface area contributed by atoms with Crippen LogP contribution in [0.1, 0.15) is 38.2 Å². The van der Waals surface area contributed by atoms with E-state index in [-0.39, 0.29) is 11.7 Å². The number of carbonyl (C=O) groups excluding carboxylic acids is 2. The van der Waals surface area contributed by atoms with Crippen LogP contribution in [0.5, 0.6) is 11.6 Å². The normalized spacial score (nSPS) is 14.0. The van der Waals surface area contributed by atoms with E-state index in [1.807, 2.05) is 36.1 Å². The van der Waals surface area contributed by atoms with Crippen LogP contribution in [0.3, 0.4) is 0 Å². The van der Waals surface area contributed by atoms with Gasteiger partial charge in [-0.05, 0) is 44.4 Å². The van der Waals surface area contributed by atoms with Gasteiger partial charge in [-0.15, -0.1) is 0 Å². The highest BCUT2D eigenvalue weighted by Crippen LogP contribution is 2.22. The lowest BCUT2D eigenvalue weighted by atomic mass is 10.1. The number of benzene rings is 1. The third kappa shape index (κ3) is 6.27. The van der Waals surface area contributed by atoms with Crippen LogP contribution < -0.4 is 9.64 Å². The largest absolute Gasteiger partial charge is 0.439 e. The third-order valence-corrected chi connectivity index (χ3v) is 4.91. The molecule has 0 unspecified atom stereocenters. The predicted octanol–water partition coefficient (Wildman–Crippen LogP) is 3.38. The van der Waals surface area contributed by atoms with Gasteiger partial charge in [0.1, 0.15) is 11.5 Å². The van der Waals surface area contributed by atoms with Crippen molar-refractivity contribution in [3.63, 3.8) is 0 Å². The minimum absolute atomic E-state index is 0.158. The summed E-state index contributed by atoms with van der Waals surface area (Å²) in [7, 11) is 0. The number of aryl methyl sites for hydroxylation is 1. The lowest BCUT2D eigenvalue weighted by Crippen LogP contribution is -2.49. The number of hydrogen-bond donors (Lipinski definition) is 0. The van der Waals surface area contributed by atoms with Crippen LogP contribution >= 0.6 is 0 Å². The van der Waals surface area contributed by atoms with Gasteiger partial charge in [-0.2, -0.15) is 4.98 Å². The lowest BCUT2D eigenvalue weighted by Gasteiger charge is -2.34. The molecule has 0 bridgehead atoms. The molecule has 2 aromatic rings. The zero-order chi connectivity index (χ0) is 20.6. The maximum atomic E-state index is 12.3. The van der Waals surface area contributed by atoms with E-state index in [2.05, 4.69) is 14.9 Å². The molecule has 0 atom stereocenters. The molecule has 7 nitrogen and oxygen atoms in total. The van der Waals surface area contributed by atoms with Crippen molar-refractivity contribution < 1.29 is 14.3 Å². The molecule has 1 aliphatic heterocycles. The minimum Gasteiger partial charge on any atom is -0.439 e. The lowest BCUT2D eigenvalue weighted by molar-refractivity contribution is -0.131. The monoisotopic (exact) mass is 396 g/mol. The number of unbranched alkanes of at least 4 members (excludes halogenated alkanes) is 1. The average molecular weight is 396 g/mol. The fourth-order valence-corrected chi connectivity index (χ4v) is 3.31. The highest BCUT2D eigenvalue weighted by molar-refractivity contribution is 5.77. The third-order valence-electron chi connectivity index (χ3n) is 4.91. The molecule has 7 heteroatoms. The standard InChI is InChI=1S/C22H28N4O3/c1-17-6-5-8-19(16-17)29-20-10-11-23-22(24-20)26-14-12-25(13-15-26)21(28)9-4-3-7-18(2)27/h5-6,8,10-11,16H,3-4,7,9,12-15H2,1-2H3. The summed E-state index contributed by atoms with van der Waals surface area (Å²) in [5.74, 6) is 2.20. The number of ether oxygens (including phenoxy) is 1. The first-order valence-electron chi connectivity index (χ1n) is 10.1. The topological polar surface area (TPSA) is 75.6 Å². The van der Waals surface area contributed by atoms with Crippen molar-refractivity contribution in [2.75, 3.05) is 31.1 Å². The molecule has 1 saturated heterocycles. The van der Waals surface area contributed by atoms with E-state index in [1.165, 1.54) is 0 Å². The molecule has 1 aromatic carbocycles. The molecule has 0 radical (unpaired) electrons. The number of anilines is 1. The molecule has 3 rings (SSSR count). The Bertz CT molecular complexity index is 847. The second-order valence-electron chi connectivity index (χ2n) is 7.39. The van der Waals surface area contributed by atoms with Crippen molar-refractivity contribution in [2.24, 2.45) is 0 Å². The summed E-state index contributed by atoms with van der Waals surface area (Å²) in [6.07, 6.45) is 4.30. The number of ketones is 1. The zero-order valence-corrected chi connectivity index (χ0v) is 17.1. The van der Waals surface area contributed by atoms with Crippen molar-refractivity contribution in [1.29, 1.82) is 0 Å². The highest BCUT2D eigenvalue weighted by Gasteiger charge is 2.22. The number of aromatic nitrogens is 2. The van der Waals surface area contributed by atoms with E-state index in [0.717, 1.165) is 24.2 Å². The molecule has 0 N–H and O–H groups in total. The zero-order valence-electron chi connectivity index (χ0n) is 17.1. The molecule has 1 aromatic heterocycles. The molecular weight excluding hydrogens is 368 g/mol. The van der Waals surface area contributed by atoms with Crippen LogP contribution in [-0.4, -0.2) is 52.7 Å². The SMILES string of the molecule is CC(=O)CCCCC(=O)N1CCN(c2nccc(Oc3cccc(C)c3)n2)CC1. The first-order valence-corrected chi connectivity index (χ1v) is 10.1. The van der Waals surface area contributed by atoms with Crippen molar-refractivity contribution in [3.8, 4) is 11.6 Å². The summed E-state index contributed by atoms with van der Waals surface area (Å²) in [6, 6.07) is 9.57.